The number of rotatable bonds is 3. The van der Waals surface area contributed by atoms with Gasteiger partial charge in [0.2, 0.25) is 0 Å². The molecular weight excluding hydrogens is 258 g/mol. The standard InChI is InChI=1S/C10H15N3O6/c11-5-1-2-13(9(18)12-5)8-6(16)7(17)10(3-14,4-15)19-8/h1-2,6-8,14-17H,3-4H2,(H2,11,12,18)/t6-,7-,8-/m1/s1. The van der Waals surface area contributed by atoms with E-state index in [0.717, 1.165) is 4.57 Å². The molecule has 0 unspecified atom stereocenters. The highest BCUT2D eigenvalue weighted by molar-refractivity contribution is 5.23. The Labute approximate surface area is 107 Å². The Kier molecular flexibility index (Phi) is 3.56. The quantitative estimate of drug-likeness (QED) is 0.386. The summed E-state index contributed by atoms with van der Waals surface area (Å²) in [7, 11) is 0. The summed E-state index contributed by atoms with van der Waals surface area (Å²) in [5, 5.41) is 38.1. The summed E-state index contributed by atoms with van der Waals surface area (Å²) in [5.41, 5.74) is 2.83. The minimum Gasteiger partial charge on any atom is -0.393 e. The molecule has 1 saturated heterocycles. The molecule has 1 aromatic heterocycles. The van der Waals surface area contributed by atoms with E-state index in [-0.39, 0.29) is 5.82 Å². The second-order valence-corrected chi connectivity index (χ2v) is 4.37. The highest BCUT2D eigenvalue weighted by Crippen LogP contribution is 2.36. The van der Waals surface area contributed by atoms with Crippen molar-refractivity contribution in [3.8, 4) is 0 Å². The van der Waals surface area contributed by atoms with Crippen LogP contribution in [0.25, 0.3) is 0 Å². The summed E-state index contributed by atoms with van der Waals surface area (Å²) >= 11 is 0. The monoisotopic (exact) mass is 273 g/mol. The van der Waals surface area contributed by atoms with Gasteiger partial charge in [-0.15, -0.1) is 0 Å². The van der Waals surface area contributed by atoms with Crippen LogP contribution in [0, 0.1) is 0 Å². The van der Waals surface area contributed by atoms with Crippen molar-refractivity contribution in [3.05, 3.63) is 22.7 Å². The van der Waals surface area contributed by atoms with Gasteiger partial charge in [-0.2, -0.15) is 4.98 Å². The molecule has 6 N–H and O–H groups in total. The van der Waals surface area contributed by atoms with Crippen LogP contribution in [0.5, 0.6) is 0 Å². The van der Waals surface area contributed by atoms with Crippen molar-refractivity contribution in [2.75, 3.05) is 18.9 Å². The lowest BCUT2D eigenvalue weighted by Crippen LogP contribution is -2.49. The molecular formula is C10H15N3O6. The Morgan fingerprint density at radius 2 is 2.05 bits per heavy atom. The van der Waals surface area contributed by atoms with E-state index >= 15 is 0 Å². The molecule has 1 aliphatic heterocycles. The number of anilines is 1. The zero-order valence-electron chi connectivity index (χ0n) is 9.88. The highest BCUT2D eigenvalue weighted by atomic mass is 16.6. The average molecular weight is 273 g/mol. The molecule has 106 valence electrons. The molecule has 1 fully saturated rings. The second kappa shape index (κ2) is 4.87. The topological polar surface area (TPSA) is 151 Å². The van der Waals surface area contributed by atoms with Crippen molar-refractivity contribution in [1.82, 2.24) is 9.55 Å². The first-order valence-electron chi connectivity index (χ1n) is 5.55. The van der Waals surface area contributed by atoms with Gasteiger partial charge in [-0.1, -0.05) is 0 Å². The van der Waals surface area contributed by atoms with E-state index < -0.39 is 42.9 Å². The number of aromatic nitrogens is 2. The fourth-order valence-electron chi connectivity index (χ4n) is 2.00. The molecule has 2 heterocycles. The SMILES string of the molecule is Nc1ccn([C@@H]2OC(CO)(CO)[C@H](O)[C@H]2O)c(=O)n1. The van der Waals surface area contributed by atoms with Gasteiger partial charge in [0.25, 0.3) is 0 Å². The Morgan fingerprint density at radius 3 is 2.53 bits per heavy atom. The molecule has 0 aromatic carbocycles. The van der Waals surface area contributed by atoms with Crippen LogP contribution in [-0.4, -0.2) is 61.0 Å². The van der Waals surface area contributed by atoms with Crippen molar-refractivity contribution in [1.29, 1.82) is 0 Å². The minimum atomic E-state index is -1.73. The van der Waals surface area contributed by atoms with E-state index in [1.165, 1.54) is 12.3 Å². The van der Waals surface area contributed by atoms with E-state index in [1.54, 1.807) is 0 Å². The van der Waals surface area contributed by atoms with Crippen LogP contribution in [0.3, 0.4) is 0 Å². The van der Waals surface area contributed by atoms with Crippen molar-refractivity contribution in [2.45, 2.75) is 24.0 Å². The van der Waals surface area contributed by atoms with Gasteiger partial charge in [0.1, 0.15) is 23.6 Å². The third kappa shape index (κ3) is 2.11. The van der Waals surface area contributed by atoms with E-state index in [0.29, 0.717) is 0 Å². The largest absolute Gasteiger partial charge is 0.393 e. The van der Waals surface area contributed by atoms with Crippen LogP contribution in [0.4, 0.5) is 5.82 Å². The highest BCUT2D eigenvalue weighted by Gasteiger charge is 2.54. The number of nitrogens with two attached hydrogens (primary N) is 1. The van der Waals surface area contributed by atoms with E-state index in [2.05, 4.69) is 4.98 Å². The van der Waals surface area contributed by atoms with Crippen LogP contribution >= 0.6 is 0 Å². The van der Waals surface area contributed by atoms with Gasteiger partial charge >= 0.3 is 5.69 Å². The van der Waals surface area contributed by atoms with Crippen molar-refractivity contribution >= 4 is 5.82 Å². The fraction of sp³-hybridized carbons (Fsp3) is 0.600. The molecule has 19 heavy (non-hydrogen) atoms. The summed E-state index contributed by atoms with van der Waals surface area (Å²) in [6.45, 7) is -1.43. The lowest BCUT2D eigenvalue weighted by atomic mass is 9.97. The number of hydrogen-bond donors (Lipinski definition) is 5. The van der Waals surface area contributed by atoms with Crippen molar-refractivity contribution in [2.24, 2.45) is 0 Å². The molecule has 0 aliphatic carbocycles. The zero-order chi connectivity index (χ0) is 14.2. The van der Waals surface area contributed by atoms with Crippen LogP contribution in [-0.2, 0) is 4.74 Å². The number of aliphatic hydroxyl groups is 4. The fourth-order valence-corrected chi connectivity index (χ4v) is 2.00. The maximum Gasteiger partial charge on any atom is 0.351 e. The van der Waals surface area contributed by atoms with Gasteiger partial charge in [0, 0.05) is 6.20 Å². The van der Waals surface area contributed by atoms with E-state index in [9.17, 15) is 25.2 Å². The molecule has 0 spiro atoms. The molecule has 3 atom stereocenters. The van der Waals surface area contributed by atoms with E-state index in [1.807, 2.05) is 0 Å². The Morgan fingerprint density at radius 1 is 1.42 bits per heavy atom. The maximum atomic E-state index is 11.6. The smallest absolute Gasteiger partial charge is 0.351 e. The van der Waals surface area contributed by atoms with Crippen LogP contribution in [0.2, 0.25) is 0 Å². The van der Waals surface area contributed by atoms with Gasteiger partial charge in [-0.3, -0.25) is 4.57 Å². The molecule has 0 saturated carbocycles. The first kappa shape index (κ1) is 13.9. The molecule has 0 bridgehead atoms. The number of aliphatic hydroxyl groups excluding tert-OH is 4. The first-order valence-corrected chi connectivity index (χ1v) is 5.55. The second-order valence-electron chi connectivity index (χ2n) is 4.37. The van der Waals surface area contributed by atoms with Crippen LogP contribution < -0.4 is 11.4 Å². The van der Waals surface area contributed by atoms with Gasteiger partial charge in [0.05, 0.1) is 13.2 Å². The maximum absolute atomic E-state index is 11.6. The minimum absolute atomic E-state index is 0.00450. The summed E-state index contributed by atoms with van der Waals surface area (Å²) < 4.78 is 6.19. The van der Waals surface area contributed by atoms with Crippen LogP contribution in [0.15, 0.2) is 17.1 Å². The van der Waals surface area contributed by atoms with Crippen molar-refractivity contribution in [3.63, 3.8) is 0 Å². The van der Waals surface area contributed by atoms with Gasteiger partial charge < -0.3 is 30.9 Å². The number of hydrogen-bond acceptors (Lipinski definition) is 8. The third-order valence-corrected chi connectivity index (χ3v) is 3.17. The summed E-state index contributed by atoms with van der Waals surface area (Å²) in [5.74, 6) is 0.00450. The number of ether oxygens (including phenoxy) is 1. The van der Waals surface area contributed by atoms with Gasteiger partial charge in [0.15, 0.2) is 6.23 Å². The average Bonchev–Trinajstić information content (AvgIpc) is 2.64. The van der Waals surface area contributed by atoms with Crippen molar-refractivity contribution < 1.29 is 25.2 Å². The summed E-state index contributed by atoms with van der Waals surface area (Å²) in [6.07, 6.45) is -3.06. The molecule has 2 rings (SSSR count). The summed E-state index contributed by atoms with van der Waals surface area (Å²) in [6, 6.07) is 1.32. The molecule has 9 nitrogen and oxygen atoms in total. The number of nitrogen functional groups attached to an aromatic ring is 1. The van der Waals surface area contributed by atoms with Crippen LogP contribution in [0.1, 0.15) is 6.23 Å². The molecule has 0 radical (unpaired) electrons. The first-order chi connectivity index (χ1) is 8.95. The zero-order valence-corrected chi connectivity index (χ0v) is 9.88. The van der Waals surface area contributed by atoms with E-state index in [4.69, 9.17) is 10.5 Å². The van der Waals surface area contributed by atoms with Gasteiger partial charge in [-0.05, 0) is 6.07 Å². The molecule has 9 heteroatoms. The normalized spacial score (nSPS) is 29.6. The van der Waals surface area contributed by atoms with Gasteiger partial charge in [-0.25, -0.2) is 4.79 Å². The molecule has 0 amide bonds. The predicted octanol–water partition coefficient (Wildman–Crippen LogP) is -3.20. The third-order valence-electron chi connectivity index (χ3n) is 3.17. The molecule has 1 aliphatic rings. The molecule has 1 aromatic rings. The summed E-state index contributed by atoms with van der Waals surface area (Å²) in [4.78, 5) is 15.1. The lowest BCUT2D eigenvalue weighted by Gasteiger charge is -2.27. The number of nitrogens with zero attached hydrogens (tertiary/aromatic N) is 2. The Bertz CT molecular complexity index is 514. The predicted molar refractivity (Wildman–Crippen MR) is 61.9 cm³/mol. The Hall–Kier alpha value is -1.52. The lowest BCUT2D eigenvalue weighted by molar-refractivity contribution is -0.150. The Balaban J connectivity index is 2.39.